The van der Waals surface area contributed by atoms with Crippen LogP contribution >= 0.6 is 0 Å². The average Bonchev–Trinajstić information content (AvgIpc) is 2.47. The molecule has 0 aliphatic carbocycles. The molecule has 1 aromatic rings. The van der Waals surface area contributed by atoms with Crippen molar-refractivity contribution in [2.75, 3.05) is 0 Å². The fourth-order valence-corrected chi connectivity index (χ4v) is 2.12. The second-order valence-electron chi connectivity index (χ2n) is 4.85. The van der Waals surface area contributed by atoms with Gasteiger partial charge in [0.05, 0.1) is 0 Å². The van der Waals surface area contributed by atoms with E-state index in [4.69, 9.17) is 14.6 Å². The predicted molar refractivity (Wildman–Crippen MR) is 70.8 cm³/mol. The lowest BCUT2D eigenvalue weighted by molar-refractivity contribution is -0.271. The standard InChI is InChI=1S/C14H18O7/c1-2-7-4-3-5-8(6-7)20-14-11(17)9(15)10(16)12(21-14)13(18)19/h3-6,9-12,14-17H,2H2,1H3,(H,18,19). The summed E-state index contributed by atoms with van der Waals surface area (Å²) in [5, 5.41) is 38.1. The normalized spacial score (nSPS) is 32.7. The molecule has 4 N–H and O–H groups in total. The number of hydrogen-bond acceptors (Lipinski definition) is 6. The van der Waals surface area contributed by atoms with Crippen molar-refractivity contribution < 1.29 is 34.7 Å². The van der Waals surface area contributed by atoms with E-state index < -0.39 is 36.7 Å². The minimum Gasteiger partial charge on any atom is -0.479 e. The molecule has 0 saturated carbocycles. The molecule has 0 aromatic heterocycles. The first-order valence-corrected chi connectivity index (χ1v) is 6.62. The van der Waals surface area contributed by atoms with Crippen LogP contribution in [0.5, 0.6) is 5.75 Å². The van der Waals surface area contributed by atoms with Gasteiger partial charge in [0.1, 0.15) is 24.1 Å². The number of ether oxygens (including phenoxy) is 2. The molecule has 0 spiro atoms. The Hall–Kier alpha value is -1.67. The lowest BCUT2D eigenvalue weighted by Gasteiger charge is -2.38. The number of carboxylic acids is 1. The first kappa shape index (κ1) is 15.7. The number of aliphatic hydroxyl groups is 3. The summed E-state index contributed by atoms with van der Waals surface area (Å²) in [6, 6.07) is 7.00. The predicted octanol–water partition coefficient (Wildman–Crippen LogP) is -0.480. The number of carbonyl (C=O) groups is 1. The highest BCUT2D eigenvalue weighted by Gasteiger charge is 2.48. The molecule has 7 nitrogen and oxygen atoms in total. The van der Waals surface area contributed by atoms with Crippen molar-refractivity contribution in [3.63, 3.8) is 0 Å². The topological polar surface area (TPSA) is 116 Å². The summed E-state index contributed by atoms with van der Waals surface area (Å²) < 4.78 is 10.4. The molecule has 1 fully saturated rings. The van der Waals surface area contributed by atoms with Crippen LogP contribution in [0.15, 0.2) is 24.3 Å². The number of carboxylic acid groups (broad SMARTS) is 1. The Balaban J connectivity index is 2.15. The fraction of sp³-hybridized carbons (Fsp3) is 0.500. The molecule has 116 valence electrons. The third kappa shape index (κ3) is 3.33. The summed E-state index contributed by atoms with van der Waals surface area (Å²) in [7, 11) is 0. The molecule has 0 radical (unpaired) electrons. The van der Waals surface area contributed by atoms with Crippen LogP contribution in [0.1, 0.15) is 12.5 Å². The van der Waals surface area contributed by atoms with Gasteiger partial charge in [-0.15, -0.1) is 0 Å². The van der Waals surface area contributed by atoms with Crippen molar-refractivity contribution in [3.8, 4) is 5.75 Å². The minimum absolute atomic E-state index is 0.381. The zero-order valence-electron chi connectivity index (χ0n) is 11.4. The van der Waals surface area contributed by atoms with Gasteiger partial charge in [-0.25, -0.2) is 4.79 Å². The smallest absolute Gasteiger partial charge is 0.335 e. The summed E-state index contributed by atoms with van der Waals surface area (Å²) in [4.78, 5) is 11.0. The van der Waals surface area contributed by atoms with Gasteiger partial charge in [0.15, 0.2) is 6.10 Å². The Labute approximate surface area is 121 Å². The van der Waals surface area contributed by atoms with Gasteiger partial charge < -0.3 is 29.9 Å². The molecule has 21 heavy (non-hydrogen) atoms. The van der Waals surface area contributed by atoms with Crippen molar-refractivity contribution in [2.45, 2.75) is 44.1 Å². The number of aryl methyl sites for hydroxylation is 1. The number of aliphatic hydroxyl groups excluding tert-OH is 3. The van der Waals surface area contributed by atoms with Gasteiger partial charge in [0.2, 0.25) is 6.29 Å². The number of aliphatic carboxylic acids is 1. The van der Waals surface area contributed by atoms with Crippen molar-refractivity contribution in [3.05, 3.63) is 29.8 Å². The van der Waals surface area contributed by atoms with Gasteiger partial charge in [0.25, 0.3) is 0 Å². The third-order valence-corrected chi connectivity index (χ3v) is 3.37. The second kappa shape index (κ2) is 6.40. The van der Waals surface area contributed by atoms with Crippen LogP contribution in [0, 0.1) is 0 Å². The van der Waals surface area contributed by atoms with Crippen molar-refractivity contribution >= 4 is 5.97 Å². The molecule has 0 amide bonds. The van der Waals surface area contributed by atoms with E-state index >= 15 is 0 Å². The Morgan fingerprint density at radius 2 is 1.95 bits per heavy atom. The molecule has 7 heteroatoms. The number of hydrogen-bond donors (Lipinski definition) is 4. The van der Waals surface area contributed by atoms with E-state index in [9.17, 15) is 20.1 Å². The second-order valence-corrected chi connectivity index (χ2v) is 4.85. The molecule has 0 bridgehead atoms. The lowest BCUT2D eigenvalue weighted by Crippen LogP contribution is -2.61. The highest BCUT2D eigenvalue weighted by Crippen LogP contribution is 2.25. The Morgan fingerprint density at radius 3 is 2.57 bits per heavy atom. The zero-order valence-corrected chi connectivity index (χ0v) is 11.4. The van der Waals surface area contributed by atoms with E-state index in [1.165, 1.54) is 0 Å². The summed E-state index contributed by atoms with van der Waals surface area (Å²) in [6.07, 6.45) is -7.21. The maximum atomic E-state index is 11.0. The van der Waals surface area contributed by atoms with Crippen molar-refractivity contribution in [2.24, 2.45) is 0 Å². The maximum Gasteiger partial charge on any atom is 0.335 e. The molecule has 5 unspecified atom stereocenters. The summed E-state index contributed by atoms with van der Waals surface area (Å²) >= 11 is 0. The van der Waals surface area contributed by atoms with E-state index in [-0.39, 0.29) is 0 Å². The highest BCUT2D eigenvalue weighted by molar-refractivity contribution is 5.73. The van der Waals surface area contributed by atoms with Crippen LogP contribution in [0.25, 0.3) is 0 Å². The molecule has 1 aliphatic rings. The van der Waals surface area contributed by atoms with Gasteiger partial charge in [-0.3, -0.25) is 0 Å². The molecule has 1 saturated heterocycles. The fourth-order valence-electron chi connectivity index (χ4n) is 2.12. The Bertz CT molecular complexity index is 504. The van der Waals surface area contributed by atoms with Crippen LogP contribution < -0.4 is 4.74 Å². The number of benzene rings is 1. The summed E-state index contributed by atoms with van der Waals surface area (Å²) in [5.41, 5.74) is 0.994. The lowest BCUT2D eigenvalue weighted by atomic mass is 9.99. The van der Waals surface area contributed by atoms with Crippen LogP contribution in [0.4, 0.5) is 0 Å². The third-order valence-electron chi connectivity index (χ3n) is 3.37. The van der Waals surface area contributed by atoms with Crippen LogP contribution in [-0.4, -0.2) is 57.1 Å². The van der Waals surface area contributed by atoms with Gasteiger partial charge in [-0.1, -0.05) is 19.1 Å². The molecular weight excluding hydrogens is 280 g/mol. The monoisotopic (exact) mass is 298 g/mol. The average molecular weight is 298 g/mol. The van der Waals surface area contributed by atoms with Crippen LogP contribution in [0.2, 0.25) is 0 Å². The highest BCUT2D eigenvalue weighted by atomic mass is 16.7. The van der Waals surface area contributed by atoms with Crippen molar-refractivity contribution in [1.29, 1.82) is 0 Å². The first-order chi connectivity index (χ1) is 9.93. The van der Waals surface area contributed by atoms with E-state index in [1.54, 1.807) is 18.2 Å². The van der Waals surface area contributed by atoms with E-state index in [1.807, 2.05) is 13.0 Å². The van der Waals surface area contributed by atoms with Gasteiger partial charge in [0, 0.05) is 0 Å². The largest absolute Gasteiger partial charge is 0.479 e. The maximum absolute atomic E-state index is 11.0. The molecule has 1 aliphatic heterocycles. The number of rotatable bonds is 4. The van der Waals surface area contributed by atoms with Gasteiger partial charge in [-0.2, -0.15) is 0 Å². The quantitative estimate of drug-likeness (QED) is 0.593. The molecule has 1 aromatic carbocycles. The van der Waals surface area contributed by atoms with Crippen molar-refractivity contribution in [1.82, 2.24) is 0 Å². The molecule has 1 heterocycles. The first-order valence-electron chi connectivity index (χ1n) is 6.62. The zero-order chi connectivity index (χ0) is 15.6. The molecule has 5 atom stereocenters. The summed E-state index contributed by atoms with van der Waals surface area (Å²) in [6.45, 7) is 1.96. The van der Waals surface area contributed by atoms with E-state index in [0.717, 1.165) is 12.0 Å². The minimum atomic E-state index is -1.72. The van der Waals surface area contributed by atoms with Gasteiger partial charge in [-0.05, 0) is 24.1 Å². The Morgan fingerprint density at radius 1 is 1.24 bits per heavy atom. The summed E-state index contributed by atoms with van der Waals surface area (Å²) in [5.74, 6) is -1.06. The SMILES string of the molecule is CCc1cccc(OC2OC(C(=O)O)C(O)C(O)C2O)c1. The molecular formula is C14H18O7. The van der Waals surface area contributed by atoms with E-state index in [2.05, 4.69) is 0 Å². The van der Waals surface area contributed by atoms with Gasteiger partial charge >= 0.3 is 5.97 Å². The van der Waals surface area contributed by atoms with Crippen LogP contribution in [-0.2, 0) is 16.0 Å². The van der Waals surface area contributed by atoms with E-state index in [0.29, 0.717) is 5.75 Å². The Kier molecular flexibility index (Phi) is 4.79. The molecule has 2 rings (SSSR count). The van der Waals surface area contributed by atoms with Crippen LogP contribution in [0.3, 0.4) is 0 Å².